The summed E-state index contributed by atoms with van der Waals surface area (Å²) in [5.74, 6) is -0.531. The van der Waals surface area contributed by atoms with Gasteiger partial charge in [-0.25, -0.2) is 0 Å². The minimum atomic E-state index is -0.503. The Bertz CT molecular complexity index is 491. The number of hydrogen-bond acceptors (Lipinski definition) is 2. The molecule has 108 valence electrons. The molecule has 4 heteroatoms. The van der Waals surface area contributed by atoms with Gasteiger partial charge in [-0.1, -0.05) is 31.7 Å². The zero-order valence-electron chi connectivity index (χ0n) is 12.0. The highest BCUT2D eigenvalue weighted by molar-refractivity contribution is 5.99. The average molecular weight is 274 g/mol. The number of nitrogens with two attached hydrogens (primary N) is 1. The van der Waals surface area contributed by atoms with E-state index in [1.165, 1.54) is 25.7 Å². The summed E-state index contributed by atoms with van der Waals surface area (Å²) in [4.78, 5) is 25.5. The van der Waals surface area contributed by atoms with E-state index in [1.54, 1.807) is 24.3 Å². The molecule has 4 nitrogen and oxygen atoms in total. The van der Waals surface area contributed by atoms with Crippen LogP contribution in [0.3, 0.4) is 0 Å². The molecular weight excluding hydrogens is 252 g/mol. The number of carbonyl (C=O) groups is 2. The van der Waals surface area contributed by atoms with Crippen LogP contribution < -0.4 is 5.73 Å². The molecule has 2 rings (SSSR count). The maximum absolute atomic E-state index is 12.5. The number of carbonyl (C=O) groups excluding carboxylic acids is 2. The Labute approximate surface area is 119 Å². The molecule has 1 fully saturated rings. The molecule has 0 atom stereocenters. The fraction of sp³-hybridized carbons (Fsp3) is 0.500. The van der Waals surface area contributed by atoms with Crippen LogP contribution in [0.15, 0.2) is 24.3 Å². The molecule has 0 spiro atoms. The topological polar surface area (TPSA) is 63.4 Å². The minimum absolute atomic E-state index is 0.0278. The lowest BCUT2D eigenvalue weighted by Gasteiger charge is -2.27. The molecule has 2 amide bonds. The zero-order valence-corrected chi connectivity index (χ0v) is 12.0. The van der Waals surface area contributed by atoms with Gasteiger partial charge in [0.15, 0.2) is 0 Å². The van der Waals surface area contributed by atoms with Crippen LogP contribution in [-0.2, 0) is 0 Å². The first-order valence-electron chi connectivity index (χ1n) is 7.26. The summed E-state index contributed by atoms with van der Waals surface area (Å²) in [5.41, 5.74) is 6.17. The van der Waals surface area contributed by atoms with Crippen molar-refractivity contribution < 1.29 is 9.59 Å². The van der Waals surface area contributed by atoms with Gasteiger partial charge in [-0.3, -0.25) is 9.59 Å². The van der Waals surface area contributed by atoms with Crippen LogP contribution in [0.5, 0.6) is 0 Å². The van der Waals surface area contributed by atoms with Gasteiger partial charge in [0.2, 0.25) is 5.91 Å². The second-order valence-electron chi connectivity index (χ2n) is 5.51. The number of amides is 2. The largest absolute Gasteiger partial charge is 0.366 e. The Morgan fingerprint density at radius 1 is 1.10 bits per heavy atom. The Kier molecular flexibility index (Phi) is 4.77. The van der Waals surface area contributed by atoms with E-state index in [1.807, 2.05) is 11.9 Å². The second-order valence-corrected chi connectivity index (χ2v) is 5.51. The predicted octanol–water partition coefficient (Wildman–Crippen LogP) is 2.58. The standard InChI is InChI=1S/C16H22N2O2/c1-18(14-9-4-2-3-5-10-14)16(20)13-8-6-7-12(11-13)15(17)19/h6-8,11,14H,2-5,9-10H2,1H3,(H2,17,19). The molecule has 0 saturated heterocycles. The van der Waals surface area contributed by atoms with Gasteiger partial charge in [0.1, 0.15) is 0 Å². The van der Waals surface area contributed by atoms with E-state index in [0.29, 0.717) is 17.2 Å². The van der Waals surface area contributed by atoms with E-state index < -0.39 is 5.91 Å². The van der Waals surface area contributed by atoms with Crippen molar-refractivity contribution in [3.63, 3.8) is 0 Å². The molecule has 20 heavy (non-hydrogen) atoms. The summed E-state index contributed by atoms with van der Waals surface area (Å²) in [6, 6.07) is 6.96. The fourth-order valence-electron chi connectivity index (χ4n) is 2.82. The first kappa shape index (κ1) is 14.6. The first-order chi connectivity index (χ1) is 9.59. The van der Waals surface area contributed by atoms with Gasteiger partial charge in [0.05, 0.1) is 0 Å². The predicted molar refractivity (Wildman–Crippen MR) is 78.5 cm³/mol. The number of hydrogen-bond donors (Lipinski definition) is 1. The lowest BCUT2D eigenvalue weighted by Crippen LogP contribution is -2.36. The molecule has 0 unspecified atom stereocenters. The van der Waals surface area contributed by atoms with Crippen molar-refractivity contribution in [3.8, 4) is 0 Å². The lowest BCUT2D eigenvalue weighted by atomic mass is 10.0. The van der Waals surface area contributed by atoms with Crippen molar-refractivity contribution in [2.24, 2.45) is 5.73 Å². The minimum Gasteiger partial charge on any atom is -0.366 e. The lowest BCUT2D eigenvalue weighted by molar-refractivity contribution is 0.0717. The van der Waals surface area contributed by atoms with Crippen molar-refractivity contribution in [1.82, 2.24) is 4.90 Å². The normalized spacial score (nSPS) is 16.4. The van der Waals surface area contributed by atoms with Crippen molar-refractivity contribution >= 4 is 11.8 Å². The summed E-state index contributed by atoms with van der Waals surface area (Å²) in [7, 11) is 1.86. The average Bonchev–Trinajstić information content (AvgIpc) is 2.75. The molecule has 0 radical (unpaired) electrons. The van der Waals surface area contributed by atoms with Gasteiger partial charge < -0.3 is 10.6 Å². The van der Waals surface area contributed by atoms with E-state index in [4.69, 9.17) is 5.73 Å². The maximum atomic E-state index is 12.5. The third kappa shape index (κ3) is 3.38. The van der Waals surface area contributed by atoms with Gasteiger partial charge in [-0.2, -0.15) is 0 Å². The third-order valence-electron chi connectivity index (χ3n) is 4.09. The second kappa shape index (κ2) is 6.55. The van der Waals surface area contributed by atoms with Gasteiger partial charge >= 0.3 is 0 Å². The Morgan fingerprint density at radius 2 is 1.70 bits per heavy atom. The van der Waals surface area contributed by atoms with E-state index in [-0.39, 0.29) is 5.91 Å². The van der Waals surface area contributed by atoms with Crippen LogP contribution in [0.25, 0.3) is 0 Å². The Morgan fingerprint density at radius 3 is 2.30 bits per heavy atom. The van der Waals surface area contributed by atoms with Crippen LogP contribution >= 0.6 is 0 Å². The van der Waals surface area contributed by atoms with Gasteiger partial charge in [-0.15, -0.1) is 0 Å². The molecule has 1 aliphatic rings. The third-order valence-corrected chi connectivity index (χ3v) is 4.09. The van der Waals surface area contributed by atoms with Crippen LogP contribution in [0.2, 0.25) is 0 Å². The molecule has 0 bridgehead atoms. The smallest absolute Gasteiger partial charge is 0.253 e. The van der Waals surface area contributed by atoms with E-state index in [9.17, 15) is 9.59 Å². The molecule has 1 saturated carbocycles. The molecule has 0 heterocycles. The van der Waals surface area contributed by atoms with Crippen molar-refractivity contribution in [1.29, 1.82) is 0 Å². The molecule has 2 N–H and O–H groups in total. The fourth-order valence-corrected chi connectivity index (χ4v) is 2.82. The number of rotatable bonds is 3. The SMILES string of the molecule is CN(C(=O)c1cccc(C(N)=O)c1)C1CCCCCC1. The monoisotopic (exact) mass is 274 g/mol. The van der Waals surface area contributed by atoms with Crippen molar-refractivity contribution in [3.05, 3.63) is 35.4 Å². The van der Waals surface area contributed by atoms with Crippen molar-refractivity contribution in [2.75, 3.05) is 7.05 Å². The number of primary amides is 1. The summed E-state index contributed by atoms with van der Waals surface area (Å²) in [6.45, 7) is 0. The van der Waals surface area contributed by atoms with E-state index in [2.05, 4.69) is 0 Å². The first-order valence-corrected chi connectivity index (χ1v) is 7.26. The maximum Gasteiger partial charge on any atom is 0.253 e. The van der Waals surface area contributed by atoms with Gasteiger partial charge in [-0.05, 0) is 31.0 Å². The van der Waals surface area contributed by atoms with E-state index >= 15 is 0 Å². The summed E-state index contributed by atoms with van der Waals surface area (Å²) < 4.78 is 0. The van der Waals surface area contributed by atoms with Crippen LogP contribution in [0, 0.1) is 0 Å². The molecular formula is C16H22N2O2. The summed E-state index contributed by atoms with van der Waals surface area (Å²) >= 11 is 0. The summed E-state index contributed by atoms with van der Waals surface area (Å²) in [5, 5.41) is 0. The number of nitrogens with zero attached hydrogens (tertiary/aromatic N) is 1. The highest BCUT2D eigenvalue weighted by Crippen LogP contribution is 2.22. The quantitative estimate of drug-likeness (QED) is 0.861. The summed E-state index contributed by atoms with van der Waals surface area (Å²) in [6.07, 6.45) is 7.02. The van der Waals surface area contributed by atoms with Crippen molar-refractivity contribution in [2.45, 2.75) is 44.6 Å². The molecule has 1 aromatic carbocycles. The van der Waals surface area contributed by atoms with Gasteiger partial charge in [0.25, 0.3) is 5.91 Å². The van der Waals surface area contributed by atoms with E-state index in [0.717, 1.165) is 12.8 Å². The molecule has 1 aliphatic carbocycles. The van der Waals surface area contributed by atoms with Crippen LogP contribution in [0.1, 0.15) is 59.2 Å². The molecule has 0 aromatic heterocycles. The highest BCUT2D eigenvalue weighted by Gasteiger charge is 2.22. The Balaban J connectivity index is 2.13. The van der Waals surface area contributed by atoms with Crippen LogP contribution in [0.4, 0.5) is 0 Å². The number of benzene rings is 1. The van der Waals surface area contributed by atoms with Gasteiger partial charge in [0, 0.05) is 24.2 Å². The zero-order chi connectivity index (χ0) is 14.5. The molecule has 0 aliphatic heterocycles. The Hall–Kier alpha value is -1.84. The van der Waals surface area contributed by atoms with Crippen LogP contribution in [-0.4, -0.2) is 29.8 Å². The highest BCUT2D eigenvalue weighted by atomic mass is 16.2. The molecule has 1 aromatic rings.